The summed E-state index contributed by atoms with van der Waals surface area (Å²) in [6, 6.07) is 12.6. The number of nitrogens with one attached hydrogen (secondary N) is 1. The van der Waals surface area contributed by atoms with E-state index < -0.39 is 17.4 Å². The summed E-state index contributed by atoms with van der Waals surface area (Å²) in [6.07, 6.45) is 1.25. The topological polar surface area (TPSA) is 131 Å². The number of anilines is 1. The van der Waals surface area contributed by atoms with Gasteiger partial charge in [-0.25, -0.2) is 4.79 Å². The molecule has 0 fully saturated rings. The molecular weight excluding hydrogens is 344 g/mol. The summed E-state index contributed by atoms with van der Waals surface area (Å²) in [5.74, 6) is 3.03. The fourth-order valence-electron chi connectivity index (χ4n) is 2.17. The molecule has 0 saturated carbocycles. The number of carboxylic acids is 1. The standard InChI is InChI=1S/C17H15ClN4O3/c18-13-7-2-1-6-12(13)14(17(24)25)15(19)16(23)10-4-3-5-11(8-10)21-9-22-20/h1-9H,19-20H2,(H,21,22)(H,24,25). The third-order valence-electron chi connectivity index (χ3n) is 3.30. The van der Waals surface area contributed by atoms with E-state index in [0.717, 1.165) is 0 Å². The van der Waals surface area contributed by atoms with Gasteiger partial charge in [-0.3, -0.25) is 4.79 Å². The van der Waals surface area contributed by atoms with Crippen molar-refractivity contribution >= 4 is 41.0 Å². The molecule has 0 aliphatic rings. The average Bonchev–Trinajstić information content (AvgIpc) is 2.61. The normalized spacial score (nSPS) is 11.9. The van der Waals surface area contributed by atoms with Gasteiger partial charge < -0.3 is 22.0 Å². The van der Waals surface area contributed by atoms with Crippen LogP contribution in [0.3, 0.4) is 0 Å². The van der Waals surface area contributed by atoms with Gasteiger partial charge in [-0.05, 0) is 18.2 Å². The Kier molecular flexibility index (Phi) is 5.75. The second-order valence-corrected chi connectivity index (χ2v) is 5.31. The van der Waals surface area contributed by atoms with Crippen LogP contribution in [-0.2, 0) is 4.79 Å². The minimum atomic E-state index is -1.34. The molecule has 8 heteroatoms. The Morgan fingerprint density at radius 3 is 2.52 bits per heavy atom. The third-order valence-corrected chi connectivity index (χ3v) is 3.63. The first-order valence-corrected chi connectivity index (χ1v) is 7.44. The molecule has 25 heavy (non-hydrogen) atoms. The molecule has 128 valence electrons. The second-order valence-electron chi connectivity index (χ2n) is 4.91. The fourth-order valence-corrected chi connectivity index (χ4v) is 2.40. The highest BCUT2D eigenvalue weighted by molar-refractivity contribution is 6.35. The molecule has 0 saturated heterocycles. The number of nitrogens with two attached hydrogens (primary N) is 2. The number of rotatable bonds is 6. The average molecular weight is 359 g/mol. The first-order valence-electron chi connectivity index (χ1n) is 7.06. The number of carbonyl (C=O) groups excluding carboxylic acids is 1. The Morgan fingerprint density at radius 2 is 1.88 bits per heavy atom. The number of benzene rings is 2. The van der Waals surface area contributed by atoms with E-state index >= 15 is 0 Å². The van der Waals surface area contributed by atoms with Gasteiger partial charge in [-0.15, -0.1) is 0 Å². The predicted octanol–water partition coefficient (Wildman–Crippen LogP) is 2.29. The zero-order chi connectivity index (χ0) is 18.4. The van der Waals surface area contributed by atoms with Crippen molar-refractivity contribution in [1.29, 1.82) is 0 Å². The molecular formula is C17H15ClN4O3. The fraction of sp³-hybridized carbons (Fsp3) is 0. The van der Waals surface area contributed by atoms with Crippen LogP contribution in [0.5, 0.6) is 0 Å². The van der Waals surface area contributed by atoms with Crippen molar-refractivity contribution < 1.29 is 14.7 Å². The van der Waals surface area contributed by atoms with E-state index in [1.807, 2.05) is 0 Å². The van der Waals surface area contributed by atoms with Crippen LogP contribution in [0.2, 0.25) is 5.02 Å². The van der Waals surface area contributed by atoms with Crippen LogP contribution in [0, 0.1) is 0 Å². The third kappa shape index (κ3) is 4.15. The molecule has 0 unspecified atom stereocenters. The lowest BCUT2D eigenvalue weighted by Crippen LogP contribution is -2.18. The van der Waals surface area contributed by atoms with E-state index in [1.165, 1.54) is 30.6 Å². The summed E-state index contributed by atoms with van der Waals surface area (Å²) in [7, 11) is 0. The molecule has 0 aliphatic heterocycles. The molecule has 7 nitrogen and oxygen atoms in total. The van der Waals surface area contributed by atoms with Crippen LogP contribution in [-0.4, -0.2) is 23.2 Å². The Hall–Kier alpha value is -3.32. The Labute approximate surface area is 148 Å². The van der Waals surface area contributed by atoms with Gasteiger partial charge in [0.1, 0.15) is 6.34 Å². The molecule has 0 heterocycles. The van der Waals surface area contributed by atoms with E-state index in [0.29, 0.717) is 5.69 Å². The second kappa shape index (κ2) is 7.98. The van der Waals surface area contributed by atoms with Crippen molar-refractivity contribution in [3.63, 3.8) is 0 Å². The number of hydrazone groups is 1. The van der Waals surface area contributed by atoms with Gasteiger partial charge in [-0.2, -0.15) is 5.10 Å². The lowest BCUT2D eigenvalue weighted by atomic mass is 9.98. The van der Waals surface area contributed by atoms with Gasteiger partial charge in [0.05, 0.1) is 11.3 Å². The number of allylic oxidation sites excluding steroid dienone is 1. The predicted molar refractivity (Wildman–Crippen MR) is 97.3 cm³/mol. The van der Waals surface area contributed by atoms with Crippen LogP contribution in [0.4, 0.5) is 5.69 Å². The number of hydrogen-bond acceptors (Lipinski definition) is 5. The Balaban J connectivity index is 2.50. The molecule has 0 spiro atoms. The van der Waals surface area contributed by atoms with Crippen molar-refractivity contribution in [2.75, 3.05) is 5.32 Å². The summed E-state index contributed by atoms with van der Waals surface area (Å²) >= 11 is 6.04. The summed E-state index contributed by atoms with van der Waals surface area (Å²) in [5, 5.41) is 15.7. The van der Waals surface area contributed by atoms with Crippen molar-refractivity contribution in [3.8, 4) is 0 Å². The van der Waals surface area contributed by atoms with Gasteiger partial charge in [0, 0.05) is 21.8 Å². The van der Waals surface area contributed by atoms with Crippen molar-refractivity contribution in [2.45, 2.75) is 0 Å². The number of hydrogen-bond donors (Lipinski definition) is 4. The maximum absolute atomic E-state index is 12.6. The van der Waals surface area contributed by atoms with Crippen molar-refractivity contribution in [1.82, 2.24) is 0 Å². The number of halogens is 1. The number of ketones is 1. The largest absolute Gasteiger partial charge is 0.478 e. The maximum Gasteiger partial charge on any atom is 0.338 e. The number of aliphatic carboxylic acids is 1. The van der Waals surface area contributed by atoms with Crippen molar-refractivity contribution in [3.05, 3.63) is 70.4 Å². The molecule has 0 bridgehead atoms. The molecule has 6 N–H and O–H groups in total. The van der Waals surface area contributed by atoms with Crippen LogP contribution >= 0.6 is 11.6 Å². The first kappa shape index (κ1) is 18.0. The molecule has 2 aromatic carbocycles. The number of carbonyl (C=O) groups is 2. The molecule has 0 radical (unpaired) electrons. The maximum atomic E-state index is 12.6. The summed E-state index contributed by atoms with van der Waals surface area (Å²) < 4.78 is 0. The molecule has 2 aromatic rings. The van der Waals surface area contributed by atoms with E-state index in [-0.39, 0.29) is 21.7 Å². The minimum absolute atomic E-state index is 0.173. The lowest BCUT2D eigenvalue weighted by molar-refractivity contribution is -0.130. The zero-order valence-corrected chi connectivity index (χ0v) is 13.7. The highest BCUT2D eigenvalue weighted by atomic mass is 35.5. The highest BCUT2D eigenvalue weighted by Gasteiger charge is 2.22. The van der Waals surface area contributed by atoms with Crippen LogP contribution in [0.1, 0.15) is 15.9 Å². The quantitative estimate of drug-likeness (QED) is 0.156. The van der Waals surface area contributed by atoms with Gasteiger partial charge >= 0.3 is 5.97 Å². The monoisotopic (exact) mass is 358 g/mol. The lowest BCUT2D eigenvalue weighted by Gasteiger charge is -2.10. The van der Waals surface area contributed by atoms with Crippen LogP contribution in [0.25, 0.3) is 5.57 Å². The van der Waals surface area contributed by atoms with E-state index in [2.05, 4.69) is 10.4 Å². The van der Waals surface area contributed by atoms with Crippen LogP contribution in [0.15, 0.2) is 59.3 Å². The zero-order valence-electron chi connectivity index (χ0n) is 12.9. The SMILES string of the molecule is NN=CNc1cccc(C(=O)C(N)=C(C(=O)O)c2ccccc2Cl)c1. The number of carboxylic acid groups (broad SMARTS) is 1. The van der Waals surface area contributed by atoms with Crippen LogP contribution < -0.4 is 16.9 Å². The smallest absolute Gasteiger partial charge is 0.338 e. The highest BCUT2D eigenvalue weighted by Crippen LogP contribution is 2.26. The van der Waals surface area contributed by atoms with Gasteiger partial charge in [-0.1, -0.05) is 41.9 Å². The van der Waals surface area contributed by atoms with Gasteiger partial charge in [0.2, 0.25) is 5.78 Å². The number of nitrogens with zero attached hydrogens (tertiary/aromatic N) is 1. The minimum Gasteiger partial charge on any atom is -0.478 e. The first-order chi connectivity index (χ1) is 12.0. The molecule has 0 amide bonds. The van der Waals surface area contributed by atoms with Gasteiger partial charge in [0.15, 0.2) is 0 Å². The molecule has 0 atom stereocenters. The summed E-state index contributed by atoms with van der Waals surface area (Å²) in [5.41, 5.74) is 6.03. The Morgan fingerprint density at radius 1 is 1.16 bits per heavy atom. The number of Topliss-reactive ketones (excluding diaryl/α,β-unsaturated/α-hetero) is 1. The molecule has 0 aromatic heterocycles. The van der Waals surface area contributed by atoms with Crippen molar-refractivity contribution in [2.24, 2.45) is 16.7 Å². The van der Waals surface area contributed by atoms with E-state index in [9.17, 15) is 14.7 Å². The van der Waals surface area contributed by atoms with E-state index in [1.54, 1.807) is 24.3 Å². The molecule has 0 aliphatic carbocycles. The van der Waals surface area contributed by atoms with Gasteiger partial charge in [0.25, 0.3) is 0 Å². The summed E-state index contributed by atoms with van der Waals surface area (Å²) in [6.45, 7) is 0. The summed E-state index contributed by atoms with van der Waals surface area (Å²) in [4.78, 5) is 24.3. The Bertz CT molecular complexity index is 878. The van der Waals surface area contributed by atoms with E-state index in [4.69, 9.17) is 23.2 Å². The molecule has 2 rings (SSSR count).